The Balaban J connectivity index is 1.57. The van der Waals surface area contributed by atoms with Gasteiger partial charge in [-0.25, -0.2) is 13.2 Å². The Morgan fingerprint density at radius 1 is 1.24 bits per heavy atom. The molecule has 1 aliphatic rings. The maximum Gasteiger partial charge on any atom is 0.331 e. The molecule has 1 aliphatic carbocycles. The average Bonchev–Trinajstić information content (AvgIpc) is 3.43. The van der Waals surface area contributed by atoms with Crippen LogP contribution < -0.4 is 5.32 Å². The van der Waals surface area contributed by atoms with Crippen LogP contribution in [-0.4, -0.2) is 37.7 Å². The molecule has 1 heterocycles. The molecule has 1 aromatic heterocycles. The van der Waals surface area contributed by atoms with E-state index in [1.807, 2.05) is 19.9 Å². The highest BCUT2D eigenvalue weighted by Gasteiger charge is 2.26. The molecule has 7 nitrogen and oxygen atoms in total. The van der Waals surface area contributed by atoms with Crippen LogP contribution in [-0.2, 0) is 24.2 Å². The number of sulfone groups is 1. The number of ether oxygens (including phenoxy) is 1. The Labute approximate surface area is 170 Å². The summed E-state index contributed by atoms with van der Waals surface area (Å²) < 4.78 is 30.8. The highest BCUT2D eigenvalue weighted by Crippen LogP contribution is 2.38. The van der Waals surface area contributed by atoms with Crippen LogP contribution in [0.1, 0.15) is 35.8 Å². The lowest BCUT2D eigenvalue weighted by Gasteiger charge is -2.09. The number of nitrogens with one attached hydrogen (secondary N) is 1. The van der Waals surface area contributed by atoms with E-state index in [2.05, 4.69) is 9.88 Å². The number of aryl methyl sites for hydroxylation is 1. The van der Waals surface area contributed by atoms with Crippen molar-refractivity contribution in [2.24, 2.45) is 0 Å². The van der Waals surface area contributed by atoms with E-state index in [0.29, 0.717) is 6.04 Å². The molecule has 8 heteroatoms. The van der Waals surface area contributed by atoms with E-state index in [1.54, 1.807) is 18.2 Å². The maximum atomic E-state index is 12.0. The minimum Gasteiger partial charge on any atom is -0.452 e. The normalized spacial score (nSPS) is 14.2. The van der Waals surface area contributed by atoms with Gasteiger partial charge in [-0.05, 0) is 56.5 Å². The lowest BCUT2D eigenvalue weighted by atomic mass is 10.2. The number of hydrogen-bond acceptors (Lipinski definition) is 5. The summed E-state index contributed by atoms with van der Waals surface area (Å²) in [7, 11) is -3.49. The second-order valence-corrected chi connectivity index (χ2v) is 9.17. The summed E-state index contributed by atoms with van der Waals surface area (Å²) in [6.45, 7) is 3.55. The molecular formula is C21H24N2O5S. The van der Waals surface area contributed by atoms with Gasteiger partial charge >= 0.3 is 5.97 Å². The molecule has 1 fully saturated rings. The van der Waals surface area contributed by atoms with Gasteiger partial charge in [0.2, 0.25) is 0 Å². The fourth-order valence-corrected chi connectivity index (χ4v) is 4.13. The summed E-state index contributed by atoms with van der Waals surface area (Å²) >= 11 is 0. The Morgan fingerprint density at radius 2 is 1.93 bits per heavy atom. The number of hydrogen-bond donors (Lipinski definition) is 1. The third-order valence-electron chi connectivity index (χ3n) is 4.74. The zero-order valence-electron chi connectivity index (χ0n) is 16.6. The number of rotatable bonds is 7. The third kappa shape index (κ3) is 5.14. The Morgan fingerprint density at radius 3 is 2.59 bits per heavy atom. The van der Waals surface area contributed by atoms with Crippen LogP contribution in [0.25, 0.3) is 6.08 Å². The Kier molecular flexibility index (Phi) is 5.93. The predicted octanol–water partition coefficient (Wildman–Crippen LogP) is 3.04. The van der Waals surface area contributed by atoms with E-state index in [0.717, 1.165) is 23.2 Å². The summed E-state index contributed by atoms with van der Waals surface area (Å²) in [5, 5.41) is 2.46. The topological polar surface area (TPSA) is 94.5 Å². The largest absolute Gasteiger partial charge is 0.452 e. The summed E-state index contributed by atoms with van der Waals surface area (Å²) in [5.74, 6) is -1.26. The highest BCUT2D eigenvalue weighted by atomic mass is 32.2. The number of carbonyl (C=O) groups excluding carboxylic acids is 2. The van der Waals surface area contributed by atoms with Crippen LogP contribution in [0.15, 0.2) is 41.3 Å². The first-order valence-electron chi connectivity index (χ1n) is 9.29. The first-order chi connectivity index (χ1) is 13.7. The molecule has 0 atom stereocenters. The first-order valence-corrected chi connectivity index (χ1v) is 11.2. The van der Waals surface area contributed by atoms with E-state index in [-0.39, 0.29) is 10.6 Å². The summed E-state index contributed by atoms with van der Waals surface area (Å²) in [5.41, 5.74) is 3.35. The van der Waals surface area contributed by atoms with Gasteiger partial charge in [0.15, 0.2) is 16.4 Å². The number of benzene rings is 1. The number of anilines is 1. The van der Waals surface area contributed by atoms with Gasteiger partial charge in [-0.1, -0.05) is 12.1 Å². The van der Waals surface area contributed by atoms with Crippen molar-refractivity contribution in [3.63, 3.8) is 0 Å². The van der Waals surface area contributed by atoms with Crippen LogP contribution in [0.5, 0.6) is 0 Å². The number of amides is 1. The van der Waals surface area contributed by atoms with Gasteiger partial charge in [0.1, 0.15) is 0 Å². The minimum absolute atomic E-state index is 0.00518. The van der Waals surface area contributed by atoms with Gasteiger partial charge in [-0.15, -0.1) is 0 Å². The van der Waals surface area contributed by atoms with Gasteiger partial charge in [0.05, 0.1) is 10.6 Å². The molecule has 1 saturated carbocycles. The zero-order chi connectivity index (χ0) is 21.2. The van der Waals surface area contributed by atoms with Gasteiger partial charge in [0.25, 0.3) is 5.91 Å². The second kappa shape index (κ2) is 8.24. The maximum absolute atomic E-state index is 12.0. The Bertz CT molecular complexity index is 1080. The van der Waals surface area contributed by atoms with E-state index < -0.39 is 28.3 Å². The molecule has 1 aromatic carbocycles. The zero-order valence-corrected chi connectivity index (χ0v) is 17.5. The van der Waals surface area contributed by atoms with Crippen molar-refractivity contribution in [3.05, 3.63) is 53.4 Å². The van der Waals surface area contributed by atoms with Crippen LogP contribution in [0.2, 0.25) is 0 Å². The van der Waals surface area contributed by atoms with Crippen LogP contribution >= 0.6 is 0 Å². The minimum atomic E-state index is -3.49. The third-order valence-corrected chi connectivity index (χ3v) is 5.90. The lowest BCUT2D eigenvalue weighted by Crippen LogP contribution is -2.21. The van der Waals surface area contributed by atoms with Crippen molar-refractivity contribution >= 4 is 33.5 Å². The SMILES string of the molecule is Cc1cc(/C=C/C(=O)OCC(=O)Nc2ccccc2S(C)(=O)=O)c(C)n1C1CC1. The molecule has 154 valence electrons. The number of para-hydroxylation sites is 1. The molecule has 2 aromatic rings. The molecule has 1 amide bonds. The summed E-state index contributed by atoms with van der Waals surface area (Å²) in [6.07, 6.45) is 6.39. The van der Waals surface area contributed by atoms with Gasteiger partial charge in [0, 0.05) is 29.8 Å². The van der Waals surface area contributed by atoms with E-state index in [1.165, 1.54) is 31.1 Å². The molecule has 0 aliphatic heterocycles. The van der Waals surface area contributed by atoms with Crippen molar-refractivity contribution in [2.75, 3.05) is 18.2 Å². The molecule has 0 radical (unpaired) electrons. The summed E-state index contributed by atoms with van der Waals surface area (Å²) in [6, 6.07) is 8.63. The van der Waals surface area contributed by atoms with Crippen molar-refractivity contribution in [3.8, 4) is 0 Å². The van der Waals surface area contributed by atoms with Gasteiger partial charge in [-0.2, -0.15) is 0 Å². The molecule has 0 bridgehead atoms. The highest BCUT2D eigenvalue weighted by molar-refractivity contribution is 7.90. The number of aromatic nitrogens is 1. The van der Waals surface area contributed by atoms with Crippen molar-refractivity contribution in [2.45, 2.75) is 37.6 Å². The van der Waals surface area contributed by atoms with Crippen molar-refractivity contribution in [1.82, 2.24) is 4.57 Å². The fraction of sp³-hybridized carbons (Fsp3) is 0.333. The molecule has 0 saturated heterocycles. The predicted molar refractivity (Wildman–Crippen MR) is 110 cm³/mol. The molecule has 3 rings (SSSR count). The van der Waals surface area contributed by atoms with Gasteiger partial charge in [-0.3, -0.25) is 4.79 Å². The molecule has 29 heavy (non-hydrogen) atoms. The van der Waals surface area contributed by atoms with Crippen molar-refractivity contribution in [1.29, 1.82) is 0 Å². The fourth-order valence-electron chi connectivity index (χ4n) is 3.29. The molecule has 0 spiro atoms. The lowest BCUT2D eigenvalue weighted by molar-refractivity contribution is -0.142. The van der Waals surface area contributed by atoms with E-state index in [4.69, 9.17) is 4.74 Å². The first kappa shape index (κ1) is 20.9. The number of carbonyl (C=O) groups is 2. The van der Waals surface area contributed by atoms with E-state index in [9.17, 15) is 18.0 Å². The van der Waals surface area contributed by atoms with Crippen molar-refractivity contribution < 1.29 is 22.7 Å². The Hall–Kier alpha value is -2.87. The van der Waals surface area contributed by atoms with Crippen LogP contribution in [0.4, 0.5) is 5.69 Å². The van der Waals surface area contributed by atoms with Crippen LogP contribution in [0.3, 0.4) is 0 Å². The smallest absolute Gasteiger partial charge is 0.331 e. The number of nitrogens with zero attached hydrogens (tertiary/aromatic N) is 1. The number of esters is 1. The van der Waals surface area contributed by atoms with Gasteiger partial charge < -0.3 is 14.6 Å². The van der Waals surface area contributed by atoms with Crippen LogP contribution in [0, 0.1) is 13.8 Å². The monoisotopic (exact) mass is 416 g/mol. The molecule has 1 N–H and O–H groups in total. The standard InChI is InChI=1S/C21H24N2O5S/c1-14-12-16(15(2)23(14)17-9-10-17)8-11-21(25)28-13-20(24)22-18-6-4-5-7-19(18)29(3,26)27/h4-8,11-12,17H,9-10,13H2,1-3H3,(H,22,24)/b11-8+. The summed E-state index contributed by atoms with van der Waals surface area (Å²) in [4.78, 5) is 24.0. The molecule has 0 unspecified atom stereocenters. The quantitative estimate of drug-likeness (QED) is 0.553. The molecular weight excluding hydrogens is 392 g/mol. The van der Waals surface area contributed by atoms with E-state index >= 15 is 0 Å². The second-order valence-electron chi connectivity index (χ2n) is 7.19. The average molecular weight is 416 g/mol.